The van der Waals surface area contributed by atoms with Crippen LogP contribution in [0, 0.1) is 0 Å². The van der Waals surface area contributed by atoms with Crippen molar-refractivity contribution >= 4 is 16.9 Å². The largest absolute Gasteiger partial charge is 0.381 e. The molecule has 2 N–H and O–H groups in total. The minimum absolute atomic E-state index is 0.146. The summed E-state index contributed by atoms with van der Waals surface area (Å²) in [4.78, 5) is 10.4. The summed E-state index contributed by atoms with van der Waals surface area (Å²) in [6.07, 6.45) is 0.894. The zero-order chi connectivity index (χ0) is 8.53. The molecule has 0 spiro atoms. The van der Waals surface area contributed by atoms with Gasteiger partial charge in [0.15, 0.2) is 5.12 Å². The maximum atomic E-state index is 10.4. The zero-order valence-electron chi connectivity index (χ0n) is 6.84. The molecule has 0 atom stereocenters. The predicted molar refractivity (Wildman–Crippen MR) is 47.6 cm³/mol. The number of thioether (sulfide) groups is 1. The second-order valence-corrected chi connectivity index (χ2v) is 3.37. The Morgan fingerprint density at radius 1 is 1.55 bits per heavy atom. The Bertz CT molecular complexity index is 109. The molecule has 0 radical (unpaired) electrons. The van der Waals surface area contributed by atoms with Crippen LogP contribution in [0.25, 0.3) is 0 Å². The molecule has 0 aromatic heterocycles. The number of rotatable bonds is 6. The van der Waals surface area contributed by atoms with E-state index in [9.17, 15) is 4.79 Å². The van der Waals surface area contributed by atoms with Gasteiger partial charge in [-0.05, 0) is 13.0 Å². The van der Waals surface area contributed by atoms with Crippen LogP contribution in [-0.4, -0.2) is 30.6 Å². The first-order valence-electron chi connectivity index (χ1n) is 3.68. The van der Waals surface area contributed by atoms with E-state index in [4.69, 9.17) is 10.5 Å². The highest BCUT2D eigenvalue weighted by atomic mass is 32.2. The quantitative estimate of drug-likeness (QED) is 0.605. The fourth-order valence-electron chi connectivity index (χ4n) is 0.532. The summed E-state index contributed by atoms with van der Waals surface area (Å²) in [5.74, 6) is 0.750. The van der Waals surface area contributed by atoms with E-state index in [-0.39, 0.29) is 5.12 Å². The first kappa shape index (κ1) is 10.9. The van der Waals surface area contributed by atoms with Crippen molar-refractivity contribution in [2.24, 2.45) is 5.73 Å². The maximum Gasteiger partial charge on any atom is 0.185 e. The van der Waals surface area contributed by atoms with Crippen LogP contribution in [0.15, 0.2) is 0 Å². The van der Waals surface area contributed by atoms with Crippen molar-refractivity contribution in [3.8, 4) is 0 Å². The molecule has 11 heavy (non-hydrogen) atoms. The first-order valence-corrected chi connectivity index (χ1v) is 4.67. The second kappa shape index (κ2) is 8.04. The summed E-state index contributed by atoms with van der Waals surface area (Å²) in [6, 6.07) is 0. The van der Waals surface area contributed by atoms with E-state index in [1.165, 1.54) is 11.8 Å². The molecular weight excluding hydrogens is 162 g/mol. The van der Waals surface area contributed by atoms with Crippen molar-refractivity contribution in [1.82, 2.24) is 0 Å². The van der Waals surface area contributed by atoms with E-state index in [0.717, 1.165) is 12.2 Å². The van der Waals surface area contributed by atoms with Gasteiger partial charge in [0.25, 0.3) is 0 Å². The van der Waals surface area contributed by atoms with Crippen LogP contribution in [0.1, 0.15) is 13.3 Å². The van der Waals surface area contributed by atoms with Crippen LogP contribution >= 0.6 is 11.8 Å². The lowest BCUT2D eigenvalue weighted by atomic mass is 10.5. The van der Waals surface area contributed by atoms with Crippen LogP contribution in [0.2, 0.25) is 0 Å². The van der Waals surface area contributed by atoms with Gasteiger partial charge in [0.05, 0.1) is 6.61 Å². The SMILES string of the molecule is CC(=O)SCCOCCCN. The fraction of sp³-hybridized carbons (Fsp3) is 0.857. The summed E-state index contributed by atoms with van der Waals surface area (Å²) in [6.45, 7) is 3.57. The van der Waals surface area contributed by atoms with Gasteiger partial charge in [-0.15, -0.1) is 0 Å². The van der Waals surface area contributed by atoms with Crippen molar-refractivity contribution in [2.45, 2.75) is 13.3 Å². The molecule has 0 aliphatic carbocycles. The minimum atomic E-state index is 0.146. The highest BCUT2D eigenvalue weighted by Gasteiger charge is 1.92. The number of carbonyl (C=O) groups is 1. The third-order valence-corrected chi connectivity index (χ3v) is 1.80. The Labute approximate surface area is 71.7 Å². The highest BCUT2D eigenvalue weighted by molar-refractivity contribution is 8.13. The highest BCUT2D eigenvalue weighted by Crippen LogP contribution is 1.99. The van der Waals surface area contributed by atoms with Crippen molar-refractivity contribution < 1.29 is 9.53 Å². The molecular formula is C7H15NO2S. The average Bonchev–Trinajstić information content (AvgIpc) is 1.96. The topological polar surface area (TPSA) is 52.3 Å². The molecule has 0 aliphatic heterocycles. The molecule has 66 valence electrons. The normalized spacial score (nSPS) is 10.0. The summed E-state index contributed by atoms with van der Waals surface area (Å²) < 4.78 is 5.17. The first-order chi connectivity index (χ1) is 5.27. The molecule has 0 aromatic rings. The number of nitrogens with two attached hydrogens (primary N) is 1. The van der Waals surface area contributed by atoms with Crippen LogP contribution in [-0.2, 0) is 9.53 Å². The van der Waals surface area contributed by atoms with Gasteiger partial charge in [0.1, 0.15) is 0 Å². The third kappa shape index (κ3) is 9.94. The molecule has 0 aliphatic rings. The lowest BCUT2D eigenvalue weighted by Crippen LogP contribution is -2.06. The van der Waals surface area contributed by atoms with E-state index >= 15 is 0 Å². The monoisotopic (exact) mass is 177 g/mol. The lowest BCUT2D eigenvalue weighted by molar-refractivity contribution is -0.109. The van der Waals surface area contributed by atoms with Crippen molar-refractivity contribution in [1.29, 1.82) is 0 Å². The summed E-state index contributed by atoms with van der Waals surface area (Å²) >= 11 is 1.29. The van der Waals surface area contributed by atoms with Gasteiger partial charge in [-0.25, -0.2) is 0 Å². The Morgan fingerprint density at radius 2 is 2.27 bits per heavy atom. The van der Waals surface area contributed by atoms with E-state index in [1.807, 2.05) is 0 Å². The van der Waals surface area contributed by atoms with Gasteiger partial charge in [0, 0.05) is 19.3 Å². The van der Waals surface area contributed by atoms with E-state index < -0.39 is 0 Å². The lowest BCUT2D eigenvalue weighted by Gasteiger charge is -2.00. The minimum Gasteiger partial charge on any atom is -0.381 e. The predicted octanol–water partition coefficient (Wildman–Crippen LogP) is 0.632. The summed E-state index contributed by atoms with van der Waals surface area (Å²) in [5.41, 5.74) is 5.25. The van der Waals surface area contributed by atoms with E-state index in [1.54, 1.807) is 6.92 Å². The molecule has 0 rings (SSSR count). The van der Waals surface area contributed by atoms with Gasteiger partial charge in [-0.3, -0.25) is 4.79 Å². The zero-order valence-corrected chi connectivity index (χ0v) is 7.65. The Morgan fingerprint density at radius 3 is 2.82 bits per heavy atom. The Hall–Kier alpha value is -0.0600. The molecule has 0 bridgehead atoms. The number of hydrogen-bond acceptors (Lipinski definition) is 4. The summed E-state index contributed by atoms with van der Waals surface area (Å²) in [5, 5.41) is 0.146. The molecule has 0 fully saturated rings. The van der Waals surface area contributed by atoms with Gasteiger partial charge in [-0.1, -0.05) is 11.8 Å². The van der Waals surface area contributed by atoms with Gasteiger partial charge in [-0.2, -0.15) is 0 Å². The number of ether oxygens (including phenoxy) is 1. The van der Waals surface area contributed by atoms with Gasteiger partial charge >= 0.3 is 0 Å². The second-order valence-electron chi connectivity index (χ2n) is 2.09. The Balaban J connectivity index is 2.85. The van der Waals surface area contributed by atoms with E-state index in [2.05, 4.69) is 0 Å². The van der Waals surface area contributed by atoms with Gasteiger partial charge < -0.3 is 10.5 Å². The molecule has 4 heteroatoms. The number of carbonyl (C=O) groups excluding carboxylic acids is 1. The van der Waals surface area contributed by atoms with Crippen LogP contribution < -0.4 is 5.73 Å². The van der Waals surface area contributed by atoms with Crippen molar-refractivity contribution in [2.75, 3.05) is 25.5 Å². The fourth-order valence-corrected chi connectivity index (χ4v) is 1.02. The standard InChI is InChI=1S/C7H15NO2S/c1-7(9)11-6-5-10-4-2-3-8/h2-6,8H2,1H3. The van der Waals surface area contributed by atoms with Crippen LogP contribution in [0.5, 0.6) is 0 Å². The molecule has 0 saturated carbocycles. The molecule has 3 nitrogen and oxygen atoms in total. The number of hydrogen-bond donors (Lipinski definition) is 1. The van der Waals surface area contributed by atoms with Gasteiger partial charge in [0.2, 0.25) is 0 Å². The molecule has 0 amide bonds. The molecule has 0 aromatic carbocycles. The van der Waals surface area contributed by atoms with Crippen molar-refractivity contribution in [3.63, 3.8) is 0 Å². The van der Waals surface area contributed by atoms with Crippen LogP contribution in [0.3, 0.4) is 0 Å². The third-order valence-electron chi connectivity index (χ3n) is 1.03. The Kier molecular flexibility index (Phi) is 8.00. The van der Waals surface area contributed by atoms with Crippen molar-refractivity contribution in [3.05, 3.63) is 0 Å². The summed E-state index contributed by atoms with van der Waals surface area (Å²) in [7, 11) is 0. The maximum absolute atomic E-state index is 10.4. The average molecular weight is 177 g/mol. The van der Waals surface area contributed by atoms with E-state index in [0.29, 0.717) is 19.8 Å². The molecule has 0 unspecified atom stereocenters. The smallest absolute Gasteiger partial charge is 0.185 e. The molecule has 0 saturated heterocycles. The van der Waals surface area contributed by atoms with Crippen LogP contribution in [0.4, 0.5) is 0 Å². The molecule has 0 heterocycles.